The molecule has 1 fully saturated rings. The van der Waals surface area contributed by atoms with Crippen molar-refractivity contribution in [3.8, 4) is 0 Å². The fourth-order valence-corrected chi connectivity index (χ4v) is 2.26. The van der Waals surface area contributed by atoms with Crippen LogP contribution in [-0.2, 0) is 20.7 Å². The highest BCUT2D eigenvalue weighted by molar-refractivity contribution is 5.78. The molecule has 2 N–H and O–H groups in total. The van der Waals surface area contributed by atoms with Gasteiger partial charge in [-0.25, -0.2) is 0 Å². The molecule has 1 saturated carbocycles. The van der Waals surface area contributed by atoms with Crippen molar-refractivity contribution in [3.63, 3.8) is 0 Å². The number of nitrogens with one attached hydrogen (secondary N) is 1. The maximum absolute atomic E-state index is 11.6. The molecule has 22 heavy (non-hydrogen) atoms. The van der Waals surface area contributed by atoms with Crippen molar-refractivity contribution in [2.24, 2.45) is 11.8 Å². The Balaban J connectivity index is 1.75. The molecule has 0 aliphatic heterocycles. The summed E-state index contributed by atoms with van der Waals surface area (Å²) in [4.78, 5) is 23.0. The number of carbonyl (C=O) groups is 2. The smallest absolute Gasteiger partial charge is 0.308 e. The Labute approximate surface area is 130 Å². The third-order valence-corrected chi connectivity index (χ3v) is 3.74. The fraction of sp³-hybridized carbons (Fsp3) is 0.529. The molecule has 1 aromatic carbocycles. The Hall–Kier alpha value is -1.88. The highest BCUT2D eigenvalue weighted by Crippen LogP contribution is 2.28. The van der Waals surface area contributed by atoms with Crippen LogP contribution in [0.2, 0.25) is 0 Å². The fourth-order valence-electron chi connectivity index (χ4n) is 2.26. The van der Waals surface area contributed by atoms with E-state index in [0.29, 0.717) is 18.9 Å². The Morgan fingerprint density at radius 1 is 1.41 bits per heavy atom. The van der Waals surface area contributed by atoms with Gasteiger partial charge in [0.2, 0.25) is 5.91 Å². The van der Waals surface area contributed by atoms with Crippen LogP contribution in [-0.4, -0.2) is 36.7 Å². The van der Waals surface area contributed by atoms with Gasteiger partial charge in [-0.15, -0.1) is 0 Å². The lowest BCUT2D eigenvalue weighted by molar-refractivity contribution is -0.141. The average molecular weight is 305 g/mol. The highest BCUT2D eigenvalue weighted by atomic mass is 16.5. The van der Waals surface area contributed by atoms with E-state index in [4.69, 9.17) is 4.74 Å². The molecule has 0 spiro atoms. The van der Waals surface area contributed by atoms with Crippen molar-refractivity contribution in [2.45, 2.75) is 26.2 Å². The van der Waals surface area contributed by atoms with Gasteiger partial charge in [0.05, 0.1) is 12.5 Å². The number of carboxylic acid groups (broad SMARTS) is 1. The number of ether oxygens (including phenoxy) is 1. The second-order valence-corrected chi connectivity index (χ2v) is 5.99. The zero-order valence-electron chi connectivity index (χ0n) is 12.9. The van der Waals surface area contributed by atoms with Crippen LogP contribution in [0.25, 0.3) is 0 Å². The molecular weight excluding hydrogens is 282 g/mol. The lowest BCUT2D eigenvalue weighted by atomic mass is 9.98. The van der Waals surface area contributed by atoms with Crippen molar-refractivity contribution in [2.75, 3.05) is 19.8 Å². The van der Waals surface area contributed by atoms with Crippen LogP contribution in [0.15, 0.2) is 24.3 Å². The number of benzene rings is 1. The maximum Gasteiger partial charge on any atom is 0.308 e. The predicted molar refractivity (Wildman–Crippen MR) is 82.6 cm³/mol. The first-order valence-corrected chi connectivity index (χ1v) is 7.67. The van der Waals surface area contributed by atoms with Crippen LogP contribution in [0.5, 0.6) is 0 Å². The number of rotatable bonds is 9. The van der Waals surface area contributed by atoms with Crippen LogP contribution in [0.3, 0.4) is 0 Å². The first kappa shape index (κ1) is 16.5. The van der Waals surface area contributed by atoms with E-state index in [-0.39, 0.29) is 19.1 Å². The minimum Gasteiger partial charge on any atom is -0.481 e. The molecular formula is C17H23NO4. The molecule has 120 valence electrons. The van der Waals surface area contributed by atoms with Gasteiger partial charge in [0.15, 0.2) is 0 Å². The summed E-state index contributed by atoms with van der Waals surface area (Å²) >= 11 is 0. The second kappa shape index (κ2) is 7.94. The molecule has 0 aromatic heterocycles. The van der Waals surface area contributed by atoms with Crippen molar-refractivity contribution in [1.82, 2.24) is 5.32 Å². The van der Waals surface area contributed by atoms with Crippen LogP contribution < -0.4 is 5.32 Å². The van der Waals surface area contributed by atoms with Crippen molar-refractivity contribution in [1.29, 1.82) is 0 Å². The maximum atomic E-state index is 11.6. The number of aliphatic carboxylic acids is 1. The Kier molecular flexibility index (Phi) is 5.95. The summed E-state index contributed by atoms with van der Waals surface area (Å²) in [5.41, 5.74) is 2.06. The molecule has 1 aromatic rings. The quantitative estimate of drug-likeness (QED) is 0.729. The van der Waals surface area contributed by atoms with Crippen molar-refractivity contribution in [3.05, 3.63) is 35.4 Å². The predicted octanol–water partition coefficient (Wildman–Crippen LogP) is 1.78. The topological polar surface area (TPSA) is 75.6 Å². The molecule has 0 bridgehead atoms. The summed E-state index contributed by atoms with van der Waals surface area (Å²) < 4.78 is 5.29. The van der Waals surface area contributed by atoms with Crippen LogP contribution in [0.1, 0.15) is 24.0 Å². The lowest BCUT2D eigenvalue weighted by Gasteiger charge is -2.14. The highest BCUT2D eigenvalue weighted by Gasteiger charge is 2.22. The third kappa shape index (κ3) is 5.85. The van der Waals surface area contributed by atoms with Crippen LogP contribution in [0, 0.1) is 18.8 Å². The van der Waals surface area contributed by atoms with E-state index in [1.165, 1.54) is 12.8 Å². The van der Waals surface area contributed by atoms with E-state index in [9.17, 15) is 14.7 Å². The van der Waals surface area contributed by atoms with Crippen molar-refractivity contribution < 1.29 is 19.4 Å². The van der Waals surface area contributed by atoms with E-state index in [1.54, 1.807) is 0 Å². The zero-order chi connectivity index (χ0) is 15.9. The summed E-state index contributed by atoms with van der Waals surface area (Å²) in [6.07, 6.45) is 2.76. The average Bonchev–Trinajstić information content (AvgIpc) is 3.27. The van der Waals surface area contributed by atoms with Gasteiger partial charge in [0.25, 0.3) is 0 Å². The molecule has 0 saturated heterocycles. The van der Waals surface area contributed by atoms with Gasteiger partial charge in [-0.3, -0.25) is 9.59 Å². The van der Waals surface area contributed by atoms with E-state index < -0.39 is 11.9 Å². The first-order valence-electron chi connectivity index (χ1n) is 7.67. The van der Waals surface area contributed by atoms with Gasteiger partial charge in [-0.1, -0.05) is 29.8 Å². The van der Waals surface area contributed by atoms with Gasteiger partial charge in [0.1, 0.15) is 6.61 Å². The number of hydrogen-bond donors (Lipinski definition) is 2. The SMILES string of the molecule is Cc1cccc(CC(CNC(=O)COCC2CC2)C(=O)O)c1. The zero-order valence-corrected chi connectivity index (χ0v) is 12.9. The van der Waals surface area contributed by atoms with Crippen LogP contribution in [0.4, 0.5) is 0 Å². The van der Waals surface area contributed by atoms with E-state index in [0.717, 1.165) is 11.1 Å². The van der Waals surface area contributed by atoms with Crippen LogP contribution >= 0.6 is 0 Å². The molecule has 1 aliphatic carbocycles. The molecule has 2 rings (SSSR count). The number of hydrogen-bond acceptors (Lipinski definition) is 3. The largest absolute Gasteiger partial charge is 0.481 e. The molecule has 5 nitrogen and oxygen atoms in total. The molecule has 1 atom stereocenters. The third-order valence-electron chi connectivity index (χ3n) is 3.74. The van der Waals surface area contributed by atoms with Gasteiger partial charge >= 0.3 is 5.97 Å². The Morgan fingerprint density at radius 3 is 2.82 bits per heavy atom. The van der Waals surface area contributed by atoms with Gasteiger partial charge < -0.3 is 15.2 Å². The Morgan fingerprint density at radius 2 is 2.18 bits per heavy atom. The lowest BCUT2D eigenvalue weighted by Crippen LogP contribution is -2.36. The normalized spacial score (nSPS) is 15.3. The summed E-state index contributed by atoms with van der Waals surface area (Å²) in [5.74, 6) is -1.17. The standard InChI is InChI=1S/C17H23NO4/c1-12-3-2-4-14(7-12)8-15(17(20)21)9-18-16(19)11-22-10-13-5-6-13/h2-4,7,13,15H,5-6,8-11H2,1H3,(H,18,19)(H,20,21). The first-order chi connectivity index (χ1) is 10.5. The number of amides is 1. The molecule has 0 heterocycles. The second-order valence-electron chi connectivity index (χ2n) is 5.99. The number of aryl methyl sites for hydroxylation is 1. The summed E-state index contributed by atoms with van der Waals surface area (Å²) in [5, 5.41) is 11.9. The molecule has 1 unspecified atom stereocenters. The van der Waals surface area contributed by atoms with E-state index >= 15 is 0 Å². The number of carboxylic acids is 1. The summed E-state index contributed by atoms with van der Waals surface area (Å²) in [6.45, 7) is 2.72. The van der Waals surface area contributed by atoms with Gasteiger partial charge in [0, 0.05) is 6.54 Å². The molecule has 0 radical (unpaired) electrons. The number of carbonyl (C=O) groups excluding carboxylic acids is 1. The van der Waals surface area contributed by atoms with Gasteiger partial charge in [-0.05, 0) is 37.7 Å². The summed E-state index contributed by atoms with van der Waals surface area (Å²) in [6, 6.07) is 7.76. The van der Waals surface area contributed by atoms with Gasteiger partial charge in [-0.2, -0.15) is 0 Å². The summed E-state index contributed by atoms with van der Waals surface area (Å²) in [7, 11) is 0. The molecule has 1 amide bonds. The monoisotopic (exact) mass is 305 g/mol. The van der Waals surface area contributed by atoms with E-state index in [1.807, 2.05) is 31.2 Å². The molecule has 1 aliphatic rings. The molecule has 5 heteroatoms. The van der Waals surface area contributed by atoms with E-state index in [2.05, 4.69) is 5.32 Å². The minimum absolute atomic E-state index is 0.00723. The minimum atomic E-state index is -0.902. The van der Waals surface area contributed by atoms with Crippen molar-refractivity contribution >= 4 is 11.9 Å². The Bertz CT molecular complexity index is 525.